The van der Waals surface area contributed by atoms with E-state index in [1.54, 1.807) is 6.20 Å². The fourth-order valence-electron chi connectivity index (χ4n) is 0.967. The van der Waals surface area contributed by atoms with Gasteiger partial charge in [0.25, 0.3) is 0 Å². The molecule has 6 heteroatoms. The molecule has 0 saturated carbocycles. The number of carboxylic acid groups (broad SMARTS) is 1. The van der Waals surface area contributed by atoms with Crippen LogP contribution in [0, 0.1) is 0 Å². The Kier molecular flexibility index (Phi) is 3.84. The Morgan fingerprint density at radius 1 is 1.60 bits per heavy atom. The van der Waals surface area contributed by atoms with E-state index in [0.29, 0.717) is 5.89 Å². The second-order valence-electron chi connectivity index (χ2n) is 2.92. The fourth-order valence-corrected chi connectivity index (χ4v) is 0.967. The van der Waals surface area contributed by atoms with E-state index in [1.807, 2.05) is 6.92 Å². The molecule has 1 heterocycles. The third kappa shape index (κ3) is 3.80. The number of hydrogen-bond acceptors (Lipinski definition) is 4. The number of aliphatic carboxylic acids is 1. The lowest BCUT2D eigenvalue weighted by molar-refractivity contribution is -0.140. The minimum atomic E-state index is -1.16. The second kappa shape index (κ2) is 5.14. The zero-order valence-electron chi connectivity index (χ0n) is 8.32. The molecule has 1 aromatic rings. The SMILES string of the molecule is CCc1cnc(CNC(=O)CC(=O)O)o1. The molecule has 0 saturated heterocycles. The second-order valence-corrected chi connectivity index (χ2v) is 2.92. The molecule has 2 N–H and O–H groups in total. The summed E-state index contributed by atoms with van der Waals surface area (Å²) in [5.41, 5.74) is 0. The summed E-state index contributed by atoms with van der Waals surface area (Å²) in [5.74, 6) is -0.601. The Bertz CT molecular complexity index is 359. The van der Waals surface area contributed by atoms with Crippen LogP contribution in [-0.2, 0) is 22.6 Å². The Morgan fingerprint density at radius 3 is 2.87 bits per heavy atom. The van der Waals surface area contributed by atoms with Crippen molar-refractivity contribution >= 4 is 11.9 Å². The summed E-state index contributed by atoms with van der Waals surface area (Å²) in [6.45, 7) is 2.04. The summed E-state index contributed by atoms with van der Waals surface area (Å²) < 4.78 is 5.21. The van der Waals surface area contributed by atoms with Gasteiger partial charge in [-0.1, -0.05) is 6.92 Å². The van der Waals surface area contributed by atoms with Gasteiger partial charge in [-0.25, -0.2) is 4.98 Å². The van der Waals surface area contributed by atoms with E-state index in [0.717, 1.165) is 12.2 Å². The van der Waals surface area contributed by atoms with Crippen molar-refractivity contribution in [3.05, 3.63) is 17.8 Å². The summed E-state index contributed by atoms with van der Waals surface area (Å²) in [4.78, 5) is 25.0. The van der Waals surface area contributed by atoms with Crippen LogP contribution in [0.1, 0.15) is 25.0 Å². The number of carbonyl (C=O) groups excluding carboxylic acids is 1. The maximum atomic E-state index is 10.9. The van der Waals surface area contributed by atoms with Gasteiger partial charge in [0.2, 0.25) is 11.8 Å². The lowest BCUT2D eigenvalue weighted by atomic mass is 10.4. The zero-order chi connectivity index (χ0) is 11.3. The number of nitrogens with one attached hydrogen (secondary N) is 1. The van der Waals surface area contributed by atoms with E-state index < -0.39 is 18.3 Å². The molecule has 0 fully saturated rings. The van der Waals surface area contributed by atoms with E-state index in [-0.39, 0.29) is 6.54 Å². The van der Waals surface area contributed by atoms with Gasteiger partial charge in [0.15, 0.2) is 0 Å². The molecule has 82 valence electrons. The minimum absolute atomic E-state index is 0.117. The van der Waals surface area contributed by atoms with Crippen LogP contribution in [0.25, 0.3) is 0 Å². The number of hydrogen-bond donors (Lipinski definition) is 2. The first-order chi connectivity index (χ1) is 7.11. The predicted octanol–water partition coefficient (Wildman–Crippen LogP) is 0.328. The van der Waals surface area contributed by atoms with Gasteiger partial charge in [-0.3, -0.25) is 9.59 Å². The normalized spacial score (nSPS) is 9.93. The van der Waals surface area contributed by atoms with Crippen molar-refractivity contribution in [3.8, 4) is 0 Å². The van der Waals surface area contributed by atoms with Gasteiger partial charge >= 0.3 is 5.97 Å². The highest BCUT2D eigenvalue weighted by molar-refractivity contribution is 5.93. The topological polar surface area (TPSA) is 92.4 Å². The summed E-state index contributed by atoms with van der Waals surface area (Å²) in [6.07, 6.45) is 1.77. The monoisotopic (exact) mass is 212 g/mol. The maximum absolute atomic E-state index is 10.9. The van der Waals surface area contributed by atoms with Crippen molar-refractivity contribution in [2.24, 2.45) is 0 Å². The van der Waals surface area contributed by atoms with Crippen molar-refractivity contribution in [2.75, 3.05) is 0 Å². The van der Waals surface area contributed by atoms with Crippen LogP contribution >= 0.6 is 0 Å². The molecule has 0 atom stereocenters. The van der Waals surface area contributed by atoms with Crippen LogP contribution in [-0.4, -0.2) is 22.0 Å². The lowest BCUT2D eigenvalue weighted by Gasteiger charge is -1.98. The van der Waals surface area contributed by atoms with E-state index in [9.17, 15) is 9.59 Å². The quantitative estimate of drug-likeness (QED) is 0.686. The zero-order valence-corrected chi connectivity index (χ0v) is 8.32. The number of aromatic nitrogens is 1. The summed E-state index contributed by atoms with van der Waals surface area (Å²) in [7, 11) is 0. The molecule has 15 heavy (non-hydrogen) atoms. The van der Waals surface area contributed by atoms with Gasteiger partial charge in [0.05, 0.1) is 12.7 Å². The molecule has 1 amide bonds. The molecule has 0 radical (unpaired) electrons. The predicted molar refractivity (Wildman–Crippen MR) is 50.0 cm³/mol. The number of carbonyl (C=O) groups is 2. The maximum Gasteiger partial charge on any atom is 0.312 e. The third-order valence-electron chi connectivity index (χ3n) is 1.70. The Labute approximate surface area is 86.3 Å². The van der Waals surface area contributed by atoms with Gasteiger partial charge in [0.1, 0.15) is 12.2 Å². The molecule has 0 bridgehead atoms. The molecule has 0 spiro atoms. The molecule has 0 unspecified atom stereocenters. The first kappa shape index (κ1) is 11.2. The van der Waals surface area contributed by atoms with Crippen molar-refractivity contribution in [3.63, 3.8) is 0 Å². The molecule has 6 nitrogen and oxygen atoms in total. The van der Waals surface area contributed by atoms with Gasteiger partial charge in [-0.05, 0) is 0 Å². The molecule has 0 aliphatic carbocycles. The van der Waals surface area contributed by atoms with Crippen molar-refractivity contribution in [2.45, 2.75) is 26.3 Å². The van der Waals surface area contributed by atoms with E-state index in [4.69, 9.17) is 9.52 Å². The van der Waals surface area contributed by atoms with E-state index in [1.165, 1.54) is 0 Å². The Hall–Kier alpha value is -1.85. The molecule has 0 aromatic carbocycles. The highest BCUT2D eigenvalue weighted by Gasteiger charge is 2.08. The number of oxazole rings is 1. The van der Waals surface area contributed by atoms with Gasteiger partial charge < -0.3 is 14.8 Å². The van der Waals surface area contributed by atoms with Crippen molar-refractivity contribution in [1.29, 1.82) is 0 Å². The van der Waals surface area contributed by atoms with E-state index >= 15 is 0 Å². The minimum Gasteiger partial charge on any atom is -0.481 e. The summed E-state index contributed by atoms with van der Waals surface area (Å²) in [5, 5.41) is 10.7. The Morgan fingerprint density at radius 2 is 2.33 bits per heavy atom. The largest absolute Gasteiger partial charge is 0.481 e. The number of aryl methyl sites for hydroxylation is 1. The van der Waals surface area contributed by atoms with Crippen LogP contribution < -0.4 is 5.32 Å². The smallest absolute Gasteiger partial charge is 0.312 e. The highest BCUT2D eigenvalue weighted by Crippen LogP contribution is 2.03. The number of carboxylic acids is 1. The molecule has 0 aliphatic heterocycles. The average Bonchev–Trinajstić information content (AvgIpc) is 2.61. The first-order valence-electron chi connectivity index (χ1n) is 4.54. The molecular formula is C9H12N2O4. The lowest BCUT2D eigenvalue weighted by Crippen LogP contribution is -2.25. The number of nitrogens with zero attached hydrogens (tertiary/aromatic N) is 1. The van der Waals surface area contributed by atoms with Gasteiger partial charge in [-0.2, -0.15) is 0 Å². The van der Waals surface area contributed by atoms with Gasteiger partial charge in [-0.15, -0.1) is 0 Å². The fraction of sp³-hybridized carbons (Fsp3) is 0.444. The molecular weight excluding hydrogens is 200 g/mol. The molecule has 0 aliphatic rings. The average molecular weight is 212 g/mol. The third-order valence-corrected chi connectivity index (χ3v) is 1.70. The summed E-state index contributed by atoms with van der Waals surface area (Å²) in [6, 6.07) is 0. The van der Waals surface area contributed by atoms with Crippen molar-refractivity contribution in [1.82, 2.24) is 10.3 Å². The molecule has 1 aromatic heterocycles. The first-order valence-corrected chi connectivity index (χ1v) is 4.54. The standard InChI is InChI=1S/C9H12N2O4/c1-2-6-4-11-8(15-6)5-10-7(12)3-9(13)14/h4H,2-3,5H2,1H3,(H,10,12)(H,13,14). The van der Waals surface area contributed by atoms with E-state index in [2.05, 4.69) is 10.3 Å². The van der Waals surface area contributed by atoms with Crippen LogP contribution in [0.4, 0.5) is 0 Å². The van der Waals surface area contributed by atoms with Crippen LogP contribution in [0.15, 0.2) is 10.6 Å². The number of rotatable bonds is 5. The Balaban J connectivity index is 2.36. The summed E-state index contributed by atoms with van der Waals surface area (Å²) >= 11 is 0. The van der Waals surface area contributed by atoms with Crippen LogP contribution in [0.3, 0.4) is 0 Å². The van der Waals surface area contributed by atoms with Gasteiger partial charge in [0, 0.05) is 6.42 Å². The number of amides is 1. The van der Waals surface area contributed by atoms with Crippen LogP contribution in [0.2, 0.25) is 0 Å². The highest BCUT2D eigenvalue weighted by atomic mass is 16.4. The molecule has 1 rings (SSSR count). The van der Waals surface area contributed by atoms with Crippen LogP contribution in [0.5, 0.6) is 0 Å². The van der Waals surface area contributed by atoms with Crippen molar-refractivity contribution < 1.29 is 19.1 Å².